The van der Waals surface area contributed by atoms with Gasteiger partial charge in [-0.25, -0.2) is 4.98 Å². The summed E-state index contributed by atoms with van der Waals surface area (Å²) in [5.74, 6) is 0.240. The summed E-state index contributed by atoms with van der Waals surface area (Å²) in [6.07, 6.45) is 2.87. The van der Waals surface area contributed by atoms with Crippen LogP contribution in [-0.4, -0.2) is 37.4 Å². The molecule has 1 atom stereocenters. The lowest BCUT2D eigenvalue weighted by molar-refractivity contribution is -0.141. The zero-order valence-corrected chi connectivity index (χ0v) is 17.5. The van der Waals surface area contributed by atoms with E-state index in [4.69, 9.17) is 16.6 Å². The Bertz CT molecular complexity index is 1170. The molecule has 1 saturated carbocycles. The van der Waals surface area contributed by atoms with Gasteiger partial charge in [0.1, 0.15) is 5.82 Å². The largest absolute Gasteiger partial charge is 0.378 e. The van der Waals surface area contributed by atoms with Gasteiger partial charge in [0.25, 0.3) is 11.5 Å². The van der Waals surface area contributed by atoms with Crippen LogP contribution in [0.15, 0.2) is 40.8 Å². The number of aliphatic hydroxyl groups excluding tert-OH is 1. The molecular formula is C21H19ClN4O3S. The SMILES string of the molecule is O=C([C@H](O)c1cccc(Cl)c1)N1CCc2nc(C3(c4cncs4)CC3)[nH]c(=O)c2C1. The van der Waals surface area contributed by atoms with E-state index in [0.717, 1.165) is 23.4 Å². The molecule has 30 heavy (non-hydrogen) atoms. The molecule has 0 spiro atoms. The van der Waals surface area contributed by atoms with Crippen molar-refractivity contribution < 1.29 is 9.90 Å². The van der Waals surface area contributed by atoms with Crippen molar-refractivity contribution in [2.75, 3.05) is 6.54 Å². The number of carbonyl (C=O) groups is 1. The molecule has 0 unspecified atom stereocenters. The number of halogens is 1. The molecule has 0 bridgehead atoms. The molecule has 3 heterocycles. The third-order valence-corrected chi connectivity index (χ3v) is 7.10. The Morgan fingerprint density at radius 3 is 2.90 bits per heavy atom. The average molecular weight is 443 g/mol. The van der Waals surface area contributed by atoms with Crippen molar-refractivity contribution in [1.29, 1.82) is 0 Å². The van der Waals surface area contributed by atoms with E-state index in [9.17, 15) is 14.7 Å². The molecule has 154 valence electrons. The summed E-state index contributed by atoms with van der Waals surface area (Å²) >= 11 is 7.54. The van der Waals surface area contributed by atoms with Crippen LogP contribution in [0.3, 0.4) is 0 Å². The number of hydrogen-bond donors (Lipinski definition) is 2. The number of rotatable bonds is 4. The normalized spacial score (nSPS) is 18.0. The number of aliphatic hydroxyl groups is 1. The maximum absolute atomic E-state index is 12.9. The van der Waals surface area contributed by atoms with Crippen LogP contribution in [0.2, 0.25) is 5.02 Å². The molecule has 1 amide bonds. The highest BCUT2D eigenvalue weighted by atomic mass is 35.5. The monoisotopic (exact) mass is 442 g/mol. The number of fused-ring (bicyclic) bond motifs is 1. The minimum atomic E-state index is -1.32. The number of H-pyrrole nitrogens is 1. The minimum Gasteiger partial charge on any atom is -0.378 e. The Morgan fingerprint density at radius 1 is 1.37 bits per heavy atom. The van der Waals surface area contributed by atoms with Crippen LogP contribution in [0.5, 0.6) is 0 Å². The lowest BCUT2D eigenvalue weighted by Crippen LogP contribution is -2.42. The van der Waals surface area contributed by atoms with Crippen LogP contribution in [-0.2, 0) is 23.2 Å². The van der Waals surface area contributed by atoms with Crippen molar-refractivity contribution in [3.8, 4) is 0 Å². The van der Waals surface area contributed by atoms with Crippen LogP contribution >= 0.6 is 22.9 Å². The minimum absolute atomic E-state index is 0.127. The topological polar surface area (TPSA) is 99.2 Å². The predicted molar refractivity (Wildman–Crippen MR) is 113 cm³/mol. The van der Waals surface area contributed by atoms with Crippen molar-refractivity contribution in [3.05, 3.63) is 78.9 Å². The number of benzene rings is 1. The third-order valence-electron chi connectivity index (χ3n) is 5.89. The van der Waals surface area contributed by atoms with Crippen molar-refractivity contribution in [2.45, 2.75) is 37.3 Å². The van der Waals surface area contributed by atoms with E-state index in [2.05, 4.69) is 9.97 Å². The Labute approximate surface area is 181 Å². The zero-order chi connectivity index (χ0) is 20.9. The molecule has 3 aromatic rings. The lowest BCUT2D eigenvalue weighted by Gasteiger charge is -2.30. The van der Waals surface area contributed by atoms with Crippen LogP contribution in [0.25, 0.3) is 0 Å². The van der Waals surface area contributed by atoms with Crippen LogP contribution in [0.1, 0.15) is 46.5 Å². The fourth-order valence-electron chi connectivity index (χ4n) is 4.01. The number of amides is 1. The average Bonchev–Trinajstić information content (AvgIpc) is 3.38. The molecule has 2 N–H and O–H groups in total. The van der Waals surface area contributed by atoms with Gasteiger partial charge in [0.05, 0.1) is 28.7 Å². The first-order valence-corrected chi connectivity index (χ1v) is 11.0. The molecule has 0 saturated heterocycles. The van der Waals surface area contributed by atoms with Gasteiger partial charge in [-0.1, -0.05) is 23.7 Å². The molecule has 2 aliphatic rings. The molecule has 1 fully saturated rings. The maximum Gasteiger partial charge on any atom is 0.256 e. The number of aromatic amines is 1. The van der Waals surface area contributed by atoms with Crippen LogP contribution in [0.4, 0.5) is 0 Å². The predicted octanol–water partition coefficient (Wildman–Crippen LogP) is 2.58. The van der Waals surface area contributed by atoms with Gasteiger partial charge in [-0.3, -0.25) is 14.6 Å². The summed E-state index contributed by atoms with van der Waals surface area (Å²) < 4.78 is 0. The first-order chi connectivity index (χ1) is 14.5. The smallest absolute Gasteiger partial charge is 0.256 e. The fourth-order valence-corrected chi connectivity index (χ4v) is 5.09. The van der Waals surface area contributed by atoms with E-state index < -0.39 is 12.0 Å². The van der Waals surface area contributed by atoms with E-state index >= 15 is 0 Å². The second-order valence-corrected chi connectivity index (χ2v) is 9.08. The molecule has 0 radical (unpaired) electrons. The summed E-state index contributed by atoms with van der Waals surface area (Å²) in [4.78, 5) is 40.2. The number of nitrogens with zero attached hydrogens (tertiary/aromatic N) is 3. The number of carbonyl (C=O) groups excluding carboxylic acids is 1. The van der Waals surface area contributed by atoms with Crippen LogP contribution < -0.4 is 5.56 Å². The van der Waals surface area contributed by atoms with Gasteiger partial charge in [0, 0.05) is 29.1 Å². The lowest BCUT2D eigenvalue weighted by atomic mass is 10.0. The Balaban J connectivity index is 1.40. The number of thiazole rings is 1. The highest BCUT2D eigenvalue weighted by Gasteiger charge is 2.50. The molecule has 1 aliphatic carbocycles. The first kappa shape index (κ1) is 19.4. The summed E-state index contributed by atoms with van der Waals surface area (Å²) in [6, 6.07) is 6.59. The van der Waals surface area contributed by atoms with Crippen LogP contribution in [0, 0.1) is 0 Å². The molecule has 7 nitrogen and oxygen atoms in total. The van der Waals surface area contributed by atoms with Gasteiger partial charge in [-0.2, -0.15) is 0 Å². The number of hydrogen-bond acceptors (Lipinski definition) is 6. The molecule has 5 rings (SSSR count). The highest BCUT2D eigenvalue weighted by Crippen LogP contribution is 2.53. The maximum atomic E-state index is 12.9. The van der Waals surface area contributed by atoms with E-state index in [0.29, 0.717) is 34.9 Å². The zero-order valence-electron chi connectivity index (χ0n) is 16.0. The summed E-state index contributed by atoms with van der Waals surface area (Å²) in [5, 5.41) is 10.9. The second-order valence-electron chi connectivity index (χ2n) is 7.75. The highest BCUT2D eigenvalue weighted by molar-refractivity contribution is 7.09. The van der Waals surface area contributed by atoms with Crippen molar-refractivity contribution in [2.24, 2.45) is 0 Å². The summed E-state index contributed by atoms with van der Waals surface area (Å²) in [5.41, 5.74) is 2.98. The van der Waals surface area contributed by atoms with E-state index in [1.165, 1.54) is 4.90 Å². The molecule has 9 heteroatoms. The summed E-state index contributed by atoms with van der Waals surface area (Å²) in [7, 11) is 0. The quantitative estimate of drug-likeness (QED) is 0.647. The van der Waals surface area contributed by atoms with Crippen molar-refractivity contribution >= 4 is 28.8 Å². The number of nitrogens with one attached hydrogen (secondary N) is 1. The van der Waals surface area contributed by atoms with Gasteiger partial charge in [-0.15, -0.1) is 11.3 Å². The van der Waals surface area contributed by atoms with E-state index in [1.807, 2.05) is 6.20 Å². The van der Waals surface area contributed by atoms with Gasteiger partial charge < -0.3 is 15.0 Å². The van der Waals surface area contributed by atoms with Gasteiger partial charge in [-0.05, 0) is 30.5 Å². The molecule has 1 aliphatic heterocycles. The standard InChI is InChI=1S/C21H19ClN4O3S/c22-13-3-1-2-12(8-13)17(27)19(29)26-7-4-15-14(10-26)18(28)25-20(24-15)21(5-6-21)16-9-23-11-30-16/h1-3,8-9,11,17,27H,4-7,10H2,(H,24,25,28)/t17-/m1/s1. The molecule has 1 aromatic carbocycles. The Hall–Kier alpha value is -2.55. The fraction of sp³-hybridized carbons (Fsp3) is 0.333. The van der Waals surface area contributed by atoms with Crippen molar-refractivity contribution in [1.82, 2.24) is 19.9 Å². The molecule has 2 aromatic heterocycles. The summed E-state index contributed by atoms with van der Waals surface area (Å²) in [6.45, 7) is 0.523. The van der Waals surface area contributed by atoms with Gasteiger partial charge in [0.2, 0.25) is 0 Å². The van der Waals surface area contributed by atoms with E-state index in [-0.39, 0.29) is 17.5 Å². The van der Waals surface area contributed by atoms with E-state index in [1.54, 1.807) is 41.1 Å². The third kappa shape index (κ3) is 3.25. The second kappa shape index (κ2) is 7.30. The first-order valence-electron chi connectivity index (χ1n) is 9.72. The van der Waals surface area contributed by atoms with Gasteiger partial charge >= 0.3 is 0 Å². The van der Waals surface area contributed by atoms with Crippen molar-refractivity contribution in [3.63, 3.8) is 0 Å². The van der Waals surface area contributed by atoms with Gasteiger partial charge in [0.15, 0.2) is 6.10 Å². The number of aromatic nitrogens is 3. The Kier molecular flexibility index (Phi) is 4.72. The Morgan fingerprint density at radius 2 is 2.20 bits per heavy atom. The molecular weight excluding hydrogens is 424 g/mol.